The number of aliphatic hydroxyl groups is 2. The first-order chi connectivity index (χ1) is 51.4. The molecule has 2 aliphatic heterocycles. The third-order valence-electron chi connectivity index (χ3n) is 15.6. The Balaban J connectivity index is 0.000000135. The van der Waals surface area contributed by atoms with Gasteiger partial charge in [0.2, 0.25) is 11.6 Å². The van der Waals surface area contributed by atoms with E-state index in [4.69, 9.17) is 9.47 Å². The van der Waals surface area contributed by atoms with Gasteiger partial charge in [-0.15, -0.1) is 0 Å². The second kappa shape index (κ2) is 36.0. The number of nitrogens with zero attached hydrogens (tertiary/aromatic N) is 10. The van der Waals surface area contributed by atoms with Crippen molar-refractivity contribution in [1.82, 2.24) is 49.8 Å². The number of ether oxygens (including phenoxy) is 2. The van der Waals surface area contributed by atoms with E-state index < -0.39 is 82.0 Å². The Hall–Kier alpha value is -14.8. The molecule has 14 aromatic rings. The van der Waals surface area contributed by atoms with Gasteiger partial charge in [0, 0.05) is 159 Å². The number of aromatic hydroxyl groups is 10. The number of carbonyl (C=O) groups excluding carboxylic acids is 2. The second-order valence-corrected chi connectivity index (χ2v) is 22.5. The summed E-state index contributed by atoms with van der Waals surface area (Å²) in [6.07, 6.45) is 29.7. The fourth-order valence-electron chi connectivity index (χ4n) is 10.4. The topological polar surface area (TPSA) is 424 Å². The lowest BCUT2D eigenvalue weighted by Gasteiger charge is -2.30. The quantitative estimate of drug-likeness (QED) is 0.0659. The molecular formula is C80H64N10O16. The van der Waals surface area contributed by atoms with Crippen LogP contribution in [0.2, 0.25) is 0 Å². The number of aliphatic hydroxyl groups excluding tert-OH is 2. The normalized spacial score (nSPS) is 14.1. The van der Waals surface area contributed by atoms with Crippen LogP contribution in [0.4, 0.5) is 0 Å². The minimum atomic E-state index is -1.72. The third-order valence-corrected chi connectivity index (χ3v) is 15.6. The highest BCUT2D eigenvalue weighted by Gasteiger charge is 2.41. The van der Waals surface area contributed by atoms with Gasteiger partial charge in [-0.2, -0.15) is 0 Å². The fourth-order valence-corrected chi connectivity index (χ4v) is 10.4. The number of phenols is 10. The fraction of sp³-hybridized carbons (Fsp3) is 0.0500. The van der Waals surface area contributed by atoms with Crippen molar-refractivity contribution in [3.8, 4) is 125 Å². The summed E-state index contributed by atoms with van der Waals surface area (Å²) in [7, 11) is 0. The van der Waals surface area contributed by atoms with E-state index in [0.29, 0.717) is 0 Å². The van der Waals surface area contributed by atoms with E-state index in [1.807, 2.05) is 121 Å². The highest BCUT2D eigenvalue weighted by molar-refractivity contribution is 6.06. The molecule has 26 heteroatoms. The summed E-state index contributed by atoms with van der Waals surface area (Å²) in [5, 5.41) is 115. The predicted molar refractivity (Wildman–Crippen MR) is 387 cm³/mol. The van der Waals surface area contributed by atoms with Gasteiger partial charge < -0.3 is 70.8 Å². The molecule has 12 heterocycles. The van der Waals surface area contributed by atoms with Crippen molar-refractivity contribution in [3.05, 3.63) is 316 Å². The lowest BCUT2D eigenvalue weighted by atomic mass is 9.92. The summed E-state index contributed by atoms with van der Waals surface area (Å²) < 4.78 is 10.8. The molecule has 0 unspecified atom stereocenters. The van der Waals surface area contributed by atoms with Crippen LogP contribution in [0.3, 0.4) is 0 Å². The third kappa shape index (κ3) is 19.4. The molecule has 0 amide bonds. The minimum Gasteiger partial charge on any atom is -0.508 e. The Labute approximate surface area is 604 Å². The van der Waals surface area contributed by atoms with Crippen LogP contribution in [-0.2, 0) is 0 Å². The molecule has 26 nitrogen and oxygen atoms in total. The molecule has 10 aromatic heterocycles. The van der Waals surface area contributed by atoms with E-state index in [9.17, 15) is 70.9 Å². The van der Waals surface area contributed by atoms with Crippen LogP contribution < -0.4 is 9.47 Å². The maximum absolute atomic E-state index is 12.2. The van der Waals surface area contributed by atoms with Gasteiger partial charge in [0.1, 0.15) is 45.6 Å². The smallest absolute Gasteiger partial charge is 0.202 e. The number of aromatic nitrogens is 10. The summed E-state index contributed by atoms with van der Waals surface area (Å²) in [4.78, 5) is 64.0. The van der Waals surface area contributed by atoms with Crippen molar-refractivity contribution in [1.29, 1.82) is 0 Å². The molecule has 0 radical (unpaired) electrons. The Kier molecular flexibility index (Phi) is 25.1. The van der Waals surface area contributed by atoms with Crippen LogP contribution >= 0.6 is 0 Å². The van der Waals surface area contributed by atoms with Gasteiger partial charge in [-0.25, -0.2) is 0 Å². The maximum atomic E-state index is 12.2. The highest BCUT2D eigenvalue weighted by Crippen LogP contribution is 2.47. The molecule has 0 saturated carbocycles. The number of fused-ring (bicyclic) bond motifs is 2. The molecule has 12 N–H and O–H groups in total. The van der Waals surface area contributed by atoms with Crippen molar-refractivity contribution >= 4 is 11.6 Å². The first-order valence-electron chi connectivity index (χ1n) is 31.8. The number of ketones is 2. The predicted octanol–water partition coefficient (Wildman–Crippen LogP) is 12.5. The lowest BCUT2D eigenvalue weighted by Crippen LogP contribution is -2.36. The zero-order chi connectivity index (χ0) is 74.9. The monoisotopic (exact) mass is 1420 g/mol. The molecule has 2 aliphatic rings. The Morgan fingerprint density at radius 2 is 0.406 bits per heavy atom. The summed E-state index contributed by atoms with van der Waals surface area (Å²) >= 11 is 0. The Bertz CT molecular complexity index is 4350. The van der Waals surface area contributed by atoms with Gasteiger partial charge in [0.25, 0.3) is 0 Å². The molecule has 0 saturated heterocycles. The molecule has 4 atom stereocenters. The van der Waals surface area contributed by atoms with Crippen LogP contribution in [0.25, 0.3) is 55.6 Å². The highest BCUT2D eigenvalue weighted by atomic mass is 16.5. The van der Waals surface area contributed by atoms with Crippen molar-refractivity contribution in [2.24, 2.45) is 0 Å². The largest absolute Gasteiger partial charge is 0.508 e. The van der Waals surface area contributed by atoms with Gasteiger partial charge in [0.05, 0.1) is 0 Å². The SMILES string of the molecule is O=C1c2c(O)cc(O)cc2O[C@@H](c2cc(O)c(O)c(O)c2)[C@@H]1O.O=C1c2c(O)cc(O)cc2O[C@H](c2cc(O)c(O)c(O)c2)[C@H]1O.c1cc(-c2ccncc2)ccn1.c1cc(-c2ccncc2)ccn1.c1cc(-c2ccncc2)ccn1.c1cc(-c2ccncc2)ccn1.c1cc(-c2ccncc2)ccn1. The standard InChI is InChI=1S/2C15H12O8.5C10H8N2/c2*16-6-3-7(17)11-10(4-6)23-15(14(22)13(11)21)5-1-8(18)12(20)9(19)2-5;5*1-5-11-6-2-9(1)10-3-7-12-8-4-10/h2*1-4,14-20,22H;5*1-8H/t2*14-,15+;;;;;/m10...../s1. The number of hydrogen-bond donors (Lipinski definition) is 12. The first-order valence-corrected chi connectivity index (χ1v) is 31.8. The summed E-state index contributed by atoms with van der Waals surface area (Å²) in [6, 6.07) is 47.8. The van der Waals surface area contributed by atoms with Gasteiger partial charge in [-0.05, 0) is 201 Å². The molecule has 4 aromatic carbocycles. The molecular weight excluding hydrogens is 1360 g/mol. The van der Waals surface area contributed by atoms with Gasteiger partial charge >= 0.3 is 0 Å². The zero-order valence-electron chi connectivity index (χ0n) is 55.5. The molecule has 106 heavy (non-hydrogen) atoms. The van der Waals surface area contributed by atoms with Crippen LogP contribution in [0.15, 0.2) is 294 Å². The van der Waals surface area contributed by atoms with Crippen molar-refractivity contribution in [2.45, 2.75) is 24.4 Å². The maximum Gasteiger partial charge on any atom is 0.202 e. The minimum absolute atomic E-state index is 0.0205. The van der Waals surface area contributed by atoms with Crippen molar-refractivity contribution in [2.75, 3.05) is 0 Å². The van der Waals surface area contributed by atoms with E-state index >= 15 is 0 Å². The van der Waals surface area contributed by atoms with Crippen LogP contribution in [0.1, 0.15) is 44.1 Å². The molecule has 530 valence electrons. The van der Waals surface area contributed by atoms with E-state index in [-0.39, 0.29) is 45.3 Å². The first kappa shape index (κ1) is 73.9. The Morgan fingerprint density at radius 1 is 0.236 bits per heavy atom. The number of phenolic OH excluding ortho intramolecular Hbond substituents is 10. The van der Waals surface area contributed by atoms with Gasteiger partial charge in [0.15, 0.2) is 58.9 Å². The van der Waals surface area contributed by atoms with Crippen LogP contribution in [-0.4, -0.2) is 135 Å². The number of pyridine rings is 10. The average molecular weight is 1420 g/mol. The van der Waals surface area contributed by atoms with E-state index in [0.717, 1.165) is 48.5 Å². The van der Waals surface area contributed by atoms with Crippen LogP contribution in [0, 0.1) is 0 Å². The number of Topliss-reactive ketones (excluding diaryl/α,β-unsaturated/α-hetero) is 2. The second-order valence-electron chi connectivity index (χ2n) is 22.5. The van der Waals surface area contributed by atoms with E-state index in [2.05, 4.69) is 49.8 Å². The number of rotatable bonds is 7. The lowest BCUT2D eigenvalue weighted by molar-refractivity contribution is 0.0207. The molecule has 0 fully saturated rings. The van der Waals surface area contributed by atoms with Crippen molar-refractivity contribution < 1.29 is 80.3 Å². The van der Waals surface area contributed by atoms with Crippen molar-refractivity contribution in [3.63, 3.8) is 0 Å². The molecule has 0 aliphatic carbocycles. The molecule has 16 rings (SSSR count). The number of benzene rings is 4. The molecule has 0 spiro atoms. The number of hydrogen-bond acceptors (Lipinski definition) is 26. The summed E-state index contributed by atoms with van der Waals surface area (Å²) in [5.41, 5.74) is 11.2. The van der Waals surface area contributed by atoms with Gasteiger partial charge in [-0.3, -0.25) is 59.4 Å². The number of carbonyl (C=O) groups is 2. The Morgan fingerprint density at radius 3 is 0.575 bits per heavy atom. The summed E-state index contributed by atoms with van der Waals surface area (Å²) in [6.45, 7) is 0. The molecule has 0 bridgehead atoms. The average Bonchev–Trinajstić information content (AvgIpc) is 0.769. The zero-order valence-corrected chi connectivity index (χ0v) is 55.5. The summed E-state index contributed by atoms with van der Waals surface area (Å²) in [5.74, 6) is -7.92. The van der Waals surface area contributed by atoms with Crippen LogP contribution in [0.5, 0.6) is 69.0 Å². The van der Waals surface area contributed by atoms with E-state index in [1.54, 1.807) is 124 Å². The van der Waals surface area contributed by atoms with E-state index in [1.165, 1.54) is 55.6 Å². The van der Waals surface area contributed by atoms with Gasteiger partial charge in [-0.1, -0.05) is 0 Å².